The molecule has 18 heavy (non-hydrogen) atoms. The van der Waals surface area contributed by atoms with E-state index in [-0.39, 0.29) is 11.3 Å². The lowest BCUT2D eigenvalue weighted by molar-refractivity contribution is -0.140. The Balaban J connectivity index is 1.58. The molecular weight excluding hydrogens is 228 g/mol. The number of carbonyl (C=O) groups excluding carboxylic acids is 1. The smallest absolute Gasteiger partial charge is 0.301 e. The number of aromatic nitrogens is 1. The van der Waals surface area contributed by atoms with E-state index in [1.54, 1.807) is 6.20 Å². The molecule has 0 atom stereocenters. The van der Waals surface area contributed by atoms with Crippen molar-refractivity contribution in [1.82, 2.24) is 4.98 Å². The van der Waals surface area contributed by atoms with Crippen LogP contribution < -0.4 is 5.32 Å². The van der Waals surface area contributed by atoms with Crippen molar-refractivity contribution in [3.8, 4) is 0 Å². The largest absolute Gasteiger partial charge is 0.432 e. The van der Waals surface area contributed by atoms with Crippen LogP contribution in [-0.4, -0.2) is 10.9 Å². The Morgan fingerprint density at radius 2 is 1.83 bits per heavy atom. The van der Waals surface area contributed by atoms with Gasteiger partial charge in [-0.1, -0.05) is 0 Å². The lowest BCUT2D eigenvalue weighted by atomic mass is 9.49. The number of oxazole rings is 1. The van der Waals surface area contributed by atoms with Gasteiger partial charge in [0.2, 0.25) is 5.91 Å². The van der Waals surface area contributed by atoms with Gasteiger partial charge in [0, 0.05) is 0 Å². The number of nitrogens with zero attached hydrogens (tertiary/aromatic N) is 1. The third kappa shape index (κ3) is 1.51. The molecule has 4 aliphatic carbocycles. The molecule has 4 nitrogen and oxygen atoms in total. The first kappa shape index (κ1) is 10.6. The Bertz CT molecular complexity index is 431. The predicted molar refractivity (Wildman–Crippen MR) is 65.7 cm³/mol. The molecule has 0 spiro atoms. The third-order valence-corrected chi connectivity index (χ3v) is 5.17. The standard InChI is InChI=1S/C14H18N2O2/c17-12(16-13-15-1-2-18-13)14-6-9-3-10(7-14)5-11(4-9)8-14/h1-2,9-11H,3-8H2,(H,15,16,17). The topological polar surface area (TPSA) is 55.1 Å². The van der Waals surface area contributed by atoms with Gasteiger partial charge in [0.15, 0.2) is 0 Å². The fraction of sp³-hybridized carbons (Fsp3) is 0.714. The summed E-state index contributed by atoms with van der Waals surface area (Å²) >= 11 is 0. The van der Waals surface area contributed by atoms with E-state index in [9.17, 15) is 4.79 Å². The van der Waals surface area contributed by atoms with Crippen molar-refractivity contribution in [3.63, 3.8) is 0 Å². The van der Waals surface area contributed by atoms with Crippen LogP contribution in [0.4, 0.5) is 6.01 Å². The first-order valence-corrected chi connectivity index (χ1v) is 6.94. The summed E-state index contributed by atoms with van der Waals surface area (Å²) in [7, 11) is 0. The van der Waals surface area contributed by atoms with Crippen LogP contribution in [0.15, 0.2) is 16.9 Å². The van der Waals surface area contributed by atoms with Crippen molar-refractivity contribution < 1.29 is 9.21 Å². The predicted octanol–water partition coefficient (Wildman–Crippen LogP) is 2.83. The molecule has 4 saturated carbocycles. The molecule has 1 heterocycles. The summed E-state index contributed by atoms with van der Waals surface area (Å²) in [5.41, 5.74) is -0.122. The SMILES string of the molecule is O=C(Nc1ncco1)C12CC3CC(CC(C3)C1)C2. The van der Waals surface area contributed by atoms with Crippen LogP contribution in [0.2, 0.25) is 0 Å². The molecule has 0 radical (unpaired) electrons. The van der Waals surface area contributed by atoms with Crippen LogP contribution in [-0.2, 0) is 4.79 Å². The number of rotatable bonds is 2. The van der Waals surface area contributed by atoms with Crippen molar-refractivity contribution in [3.05, 3.63) is 12.5 Å². The van der Waals surface area contributed by atoms with Gasteiger partial charge in [0.1, 0.15) is 6.26 Å². The zero-order valence-electron chi connectivity index (χ0n) is 10.4. The third-order valence-electron chi connectivity index (χ3n) is 5.17. The molecule has 1 aromatic rings. The molecule has 1 aromatic heterocycles. The maximum absolute atomic E-state index is 12.6. The minimum Gasteiger partial charge on any atom is -0.432 e. The lowest BCUT2D eigenvalue weighted by Gasteiger charge is -2.55. The van der Waals surface area contributed by atoms with E-state index in [1.807, 2.05) is 0 Å². The first-order valence-electron chi connectivity index (χ1n) is 6.94. The molecule has 4 fully saturated rings. The van der Waals surface area contributed by atoms with E-state index in [0.717, 1.165) is 37.0 Å². The molecule has 5 rings (SSSR count). The quantitative estimate of drug-likeness (QED) is 0.873. The van der Waals surface area contributed by atoms with Gasteiger partial charge < -0.3 is 4.42 Å². The summed E-state index contributed by atoms with van der Waals surface area (Å²) in [5.74, 6) is 2.49. The minimum atomic E-state index is -0.122. The fourth-order valence-corrected chi connectivity index (χ4v) is 4.90. The molecule has 0 unspecified atom stereocenters. The highest BCUT2D eigenvalue weighted by molar-refractivity contribution is 5.94. The molecular formula is C14H18N2O2. The summed E-state index contributed by atoms with van der Waals surface area (Å²) in [6, 6.07) is 0.343. The normalized spacial score (nSPS) is 41.0. The fourth-order valence-electron chi connectivity index (χ4n) is 4.90. The summed E-state index contributed by atoms with van der Waals surface area (Å²) in [6.07, 6.45) is 10.3. The van der Waals surface area contributed by atoms with Crippen LogP contribution in [0.1, 0.15) is 38.5 Å². The highest BCUT2D eigenvalue weighted by Crippen LogP contribution is 2.60. The number of amides is 1. The molecule has 1 amide bonds. The monoisotopic (exact) mass is 246 g/mol. The molecule has 4 bridgehead atoms. The van der Waals surface area contributed by atoms with E-state index in [2.05, 4.69) is 10.3 Å². The average Bonchev–Trinajstić information content (AvgIpc) is 2.79. The maximum atomic E-state index is 12.6. The number of nitrogens with one attached hydrogen (secondary N) is 1. The van der Waals surface area contributed by atoms with E-state index < -0.39 is 0 Å². The Labute approximate surface area is 106 Å². The van der Waals surface area contributed by atoms with E-state index in [1.165, 1.54) is 25.5 Å². The summed E-state index contributed by atoms with van der Waals surface area (Å²) in [5, 5.41) is 2.86. The van der Waals surface area contributed by atoms with Gasteiger partial charge in [0.25, 0.3) is 0 Å². The molecule has 1 N–H and O–H groups in total. The Hall–Kier alpha value is -1.32. The van der Waals surface area contributed by atoms with Crippen molar-refractivity contribution in [2.75, 3.05) is 5.32 Å². The molecule has 0 aliphatic heterocycles. The van der Waals surface area contributed by atoms with Crippen LogP contribution in [0, 0.1) is 23.2 Å². The van der Waals surface area contributed by atoms with E-state index in [0.29, 0.717) is 6.01 Å². The second-order valence-corrected chi connectivity index (χ2v) is 6.49. The van der Waals surface area contributed by atoms with Crippen molar-refractivity contribution >= 4 is 11.9 Å². The van der Waals surface area contributed by atoms with E-state index >= 15 is 0 Å². The average molecular weight is 246 g/mol. The van der Waals surface area contributed by atoms with Crippen LogP contribution in [0.25, 0.3) is 0 Å². The number of hydrogen-bond donors (Lipinski definition) is 1. The number of anilines is 1. The highest BCUT2D eigenvalue weighted by atomic mass is 16.4. The minimum absolute atomic E-state index is 0.122. The molecule has 4 aliphatic rings. The van der Waals surface area contributed by atoms with Crippen molar-refractivity contribution in [2.24, 2.45) is 23.2 Å². The zero-order valence-corrected chi connectivity index (χ0v) is 10.4. The van der Waals surface area contributed by atoms with Crippen molar-refractivity contribution in [1.29, 1.82) is 0 Å². The van der Waals surface area contributed by atoms with E-state index in [4.69, 9.17) is 4.42 Å². The second kappa shape index (κ2) is 3.59. The molecule has 4 heteroatoms. The van der Waals surface area contributed by atoms with Crippen LogP contribution in [0.5, 0.6) is 0 Å². The molecule has 96 valence electrons. The Morgan fingerprint density at radius 1 is 1.22 bits per heavy atom. The molecule has 0 saturated heterocycles. The zero-order chi connectivity index (χ0) is 12.2. The van der Waals surface area contributed by atoms with Gasteiger partial charge in [-0.05, 0) is 56.3 Å². The Morgan fingerprint density at radius 3 is 2.33 bits per heavy atom. The van der Waals surface area contributed by atoms with Gasteiger partial charge in [-0.2, -0.15) is 0 Å². The second-order valence-electron chi connectivity index (χ2n) is 6.49. The van der Waals surface area contributed by atoms with Gasteiger partial charge in [-0.25, -0.2) is 4.98 Å². The number of hydrogen-bond acceptors (Lipinski definition) is 3. The van der Waals surface area contributed by atoms with Gasteiger partial charge in [-0.3, -0.25) is 10.1 Å². The summed E-state index contributed by atoms with van der Waals surface area (Å²) in [4.78, 5) is 16.5. The van der Waals surface area contributed by atoms with Crippen molar-refractivity contribution in [2.45, 2.75) is 38.5 Å². The summed E-state index contributed by atoms with van der Waals surface area (Å²) in [6.45, 7) is 0. The Kier molecular flexibility index (Phi) is 2.11. The van der Waals surface area contributed by atoms with Gasteiger partial charge >= 0.3 is 6.01 Å². The lowest BCUT2D eigenvalue weighted by Crippen LogP contribution is -2.51. The van der Waals surface area contributed by atoms with Crippen LogP contribution in [0.3, 0.4) is 0 Å². The van der Waals surface area contributed by atoms with Gasteiger partial charge in [-0.15, -0.1) is 0 Å². The number of carbonyl (C=O) groups is 1. The first-order chi connectivity index (χ1) is 8.73. The van der Waals surface area contributed by atoms with Crippen LogP contribution >= 0.6 is 0 Å². The van der Waals surface area contributed by atoms with Gasteiger partial charge in [0.05, 0.1) is 11.6 Å². The molecule has 0 aromatic carbocycles. The highest BCUT2D eigenvalue weighted by Gasteiger charge is 2.54. The maximum Gasteiger partial charge on any atom is 0.301 e. The summed E-state index contributed by atoms with van der Waals surface area (Å²) < 4.78 is 5.12.